The van der Waals surface area contributed by atoms with Gasteiger partial charge in [0.05, 0.1) is 27.7 Å². The lowest BCUT2D eigenvalue weighted by Gasteiger charge is -2.28. The van der Waals surface area contributed by atoms with E-state index in [-0.39, 0.29) is 26.1 Å². The van der Waals surface area contributed by atoms with Crippen LogP contribution in [0.4, 0.5) is 0 Å². The van der Waals surface area contributed by atoms with Crippen LogP contribution < -0.4 is 4.89 Å². The number of esters is 2. The molecule has 0 bridgehead atoms. The molecule has 0 aliphatic carbocycles. The maximum absolute atomic E-state index is 12.6. The van der Waals surface area contributed by atoms with Crippen molar-refractivity contribution in [2.75, 3.05) is 47.5 Å². The van der Waals surface area contributed by atoms with Crippen LogP contribution >= 0.6 is 7.82 Å². The van der Waals surface area contributed by atoms with E-state index in [1.54, 1.807) is 0 Å². The summed E-state index contributed by atoms with van der Waals surface area (Å²) in [5, 5.41) is 0. The summed E-state index contributed by atoms with van der Waals surface area (Å²) in [4.78, 5) is 37.4. The Labute approximate surface area is 330 Å². The van der Waals surface area contributed by atoms with Crippen molar-refractivity contribution in [2.45, 2.75) is 161 Å². The Hall–Kier alpha value is -2.29. The minimum absolute atomic E-state index is 0.0453. The predicted molar refractivity (Wildman–Crippen MR) is 222 cm³/mol. The molecule has 0 radical (unpaired) electrons. The number of carbonyl (C=O) groups is 2. The minimum atomic E-state index is -4.64. The summed E-state index contributed by atoms with van der Waals surface area (Å²) in [6.07, 6.45) is 42.5. The van der Waals surface area contributed by atoms with Crippen LogP contribution in [-0.2, 0) is 32.7 Å². The highest BCUT2D eigenvalue weighted by atomic mass is 31.2. The second-order valence-electron chi connectivity index (χ2n) is 15.0. The summed E-state index contributed by atoms with van der Waals surface area (Å²) in [6, 6.07) is 0. The van der Waals surface area contributed by atoms with E-state index in [4.69, 9.17) is 18.5 Å². The van der Waals surface area contributed by atoms with Crippen molar-refractivity contribution >= 4 is 19.8 Å². The molecule has 0 saturated carbocycles. The van der Waals surface area contributed by atoms with Crippen molar-refractivity contribution in [2.24, 2.45) is 0 Å². The number of carbonyl (C=O) groups excluding carboxylic acids is 2. The van der Waals surface area contributed by atoms with Crippen LogP contribution in [0.2, 0.25) is 0 Å². The summed E-state index contributed by atoms with van der Waals surface area (Å²) in [6.45, 7) is 4.08. The number of rotatable bonds is 37. The molecule has 54 heavy (non-hydrogen) atoms. The van der Waals surface area contributed by atoms with Crippen molar-refractivity contribution in [3.05, 3.63) is 60.8 Å². The standard InChI is InChI=1S/C44H78NO8P/c1-6-8-10-12-14-16-18-20-22-24-26-28-30-32-34-36-43(46)50-40-42(41-52-54(48,49)51-39-38-45(3,4)5)53-44(47)37-35-33-31-29-27-25-23-21-19-17-15-13-11-9-7-2/h14,16,20-23,26-29,42H,6-13,15,17-19,24-25,30-41H2,1-5H3/b16-14+,22-20+,23-21+,28-26+,29-27+/t42-/m1/s1. The lowest BCUT2D eigenvalue weighted by Crippen LogP contribution is -2.37. The first-order valence-corrected chi connectivity index (χ1v) is 22.5. The maximum Gasteiger partial charge on any atom is 0.306 e. The summed E-state index contributed by atoms with van der Waals surface area (Å²) >= 11 is 0. The molecule has 0 fully saturated rings. The Morgan fingerprint density at radius 3 is 1.52 bits per heavy atom. The molecule has 9 nitrogen and oxygen atoms in total. The molecule has 0 aromatic rings. The third-order valence-electron chi connectivity index (χ3n) is 8.51. The fourth-order valence-electron chi connectivity index (χ4n) is 5.16. The van der Waals surface area contributed by atoms with Gasteiger partial charge in [-0.15, -0.1) is 0 Å². The Balaban J connectivity index is 4.53. The quantitative estimate of drug-likeness (QED) is 0.0201. The molecule has 0 aliphatic rings. The number of phosphoric acid groups is 1. The van der Waals surface area contributed by atoms with Crippen molar-refractivity contribution < 1.29 is 42.1 Å². The van der Waals surface area contributed by atoms with Crippen molar-refractivity contribution in [3.8, 4) is 0 Å². The second-order valence-corrected chi connectivity index (χ2v) is 16.4. The smallest absolute Gasteiger partial charge is 0.306 e. The van der Waals surface area contributed by atoms with Gasteiger partial charge in [0, 0.05) is 12.8 Å². The molecule has 0 saturated heterocycles. The summed E-state index contributed by atoms with van der Waals surface area (Å²) in [5.74, 6) is -0.923. The summed E-state index contributed by atoms with van der Waals surface area (Å²) in [7, 11) is 1.11. The fourth-order valence-corrected chi connectivity index (χ4v) is 5.89. The van der Waals surface area contributed by atoms with Crippen LogP contribution in [-0.4, -0.2) is 70.0 Å². The molecule has 0 heterocycles. The number of hydrogen-bond donors (Lipinski definition) is 0. The van der Waals surface area contributed by atoms with Gasteiger partial charge in [-0.05, 0) is 83.5 Å². The monoisotopic (exact) mass is 780 g/mol. The van der Waals surface area contributed by atoms with Gasteiger partial charge >= 0.3 is 11.9 Å². The van der Waals surface area contributed by atoms with Crippen molar-refractivity contribution in [1.29, 1.82) is 0 Å². The van der Waals surface area contributed by atoms with E-state index in [2.05, 4.69) is 74.6 Å². The van der Waals surface area contributed by atoms with Crippen molar-refractivity contribution in [1.82, 2.24) is 0 Å². The highest BCUT2D eigenvalue weighted by molar-refractivity contribution is 7.45. The van der Waals surface area contributed by atoms with Crippen molar-refractivity contribution in [3.63, 3.8) is 0 Å². The Kier molecular flexibility index (Phi) is 34.8. The zero-order valence-corrected chi connectivity index (χ0v) is 35.8. The highest BCUT2D eigenvalue weighted by Crippen LogP contribution is 2.38. The average molecular weight is 780 g/mol. The zero-order chi connectivity index (χ0) is 40.0. The molecule has 2 atom stereocenters. The van der Waals surface area contributed by atoms with E-state index in [9.17, 15) is 19.0 Å². The second kappa shape index (κ2) is 36.4. The Bertz CT molecular complexity index is 1110. The molecular formula is C44H78NO8P. The van der Waals surface area contributed by atoms with Gasteiger partial charge < -0.3 is 27.9 Å². The number of hydrogen-bond acceptors (Lipinski definition) is 8. The highest BCUT2D eigenvalue weighted by Gasteiger charge is 2.21. The first-order chi connectivity index (χ1) is 26.0. The molecule has 0 aromatic heterocycles. The van der Waals surface area contributed by atoms with Crippen LogP contribution in [0, 0.1) is 0 Å². The van der Waals surface area contributed by atoms with Gasteiger partial charge in [-0.25, -0.2) is 0 Å². The molecule has 312 valence electrons. The van der Waals surface area contributed by atoms with Gasteiger partial charge in [-0.3, -0.25) is 14.2 Å². The van der Waals surface area contributed by atoms with Gasteiger partial charge in [-0.2, -0.15) is 0 Å². The van der Waals surface area contributed by atoms with E-state index in [0.29, 0.717) is 23.9 Å². The Morgan fingerprint density at radius 2 is 1.00 bits per heavy atom. The largest absolute Gasteiger partial charge is 0.756 e. The Morgan fingerprint density at radius 1 is 0.574 bits per heavy atom. The summed E-state index contributed by atoms with van der Waals surface area (Å²) in [5.41, 5.74) is 0. The SMILES string of the molecule is CCCCC/C=C/C/C=C/C/C=C/CCCCC(=O)OC[C@H](COP(=O)([O-])OCC[N+](C)(C)C)OC(=O)CCCC/C=C/C/C=C/CCCCCCCC. The maximum atomic E-state index is 12.6. The number of unbranched alkanes of at least 4 members (excludes halogenated alkanes) is 13. The molecule has 0 N–H and O–H groups in total. The number of likely N-dealkylation sites (N-methyl/N-ethyl adjacent to an activating group) is 1. The number of allylic oxidation sites excluding steroid dienone is 10. The number of quaternary nitrogens is 1. The lowest BCUT2D eigenvalue weighted by atomic mass is 10.1. The molecule has 0 spiro atoms. The van der Waals surface area contributed by atoms with Gasteiger partial charge in [0.25, 0.3) is 7.82 Å². The van der Waals surface area contributed by atoms with Crippen LogP contribution in [0.1, 0.15) is 155 Å². The molecule has 0 aromatic carbocycles. The third-order valence-corrected chi connectivity index (χ3v) is 9.47. The summed E-state index contributed by atoms with van der Waals surface area (Å²) < 4.78 is 33.7. The third kappa shape index (κ3) is 39.4. The van der Waals surface area contributed by atoms with Crippen LogP contribution in [0.5, 0.6) is 0 Å². The molecule has 0 amide bonds. The van der Waals surface area contributed by atoms with Crippen LogP contribution in [0.15, 0.2) is 60.8 Å². The molecule has 0 aliphatic heterocycles. The van der Waals surface area contributed by atoms with E-state index in [1.807, 2.05) is 21.1 Å². The fraction of sp³-hybridized carbons (Fsp3) is 0.727. The minimum Gasteiger partial charge on any atom is -0.756 e. The lowest BCUT2D eigenvalue weighted by molar-refractivity contribution is -0.870. The van der Waals surface area contributed by atoms with E-state index < -0.39 is 32.5 Å². The van der Waals surface area contributed by atoms with Gasteiger partial charge in [0.15, 0.2) is 6.10 Å². The topological polar surface area (TPSA) is 111 Å². The van der Waals surface area contributed by atoms with E-state index >= 15 is 0 Å². The van der Waals surface area contributed by atoms with Gasteiger partial charge in [0.1, 0.15) is 19.8 Å². The average Bonchev–Trinajstić information content (AvgIpc) is 3.12. The van der Waals surface area contributed by atoms with Gasteiger partial charge in [0.2, 0.25) is 0 Å². The zero-order valence-electron chi connectivity index (χ0n) is 34.9. The predicted octanol–water partition coefficient (Wildman–Crippen LogP) is 11.1. The van der Waals surface area contributed by atoms with E-state index in [1.165, 1.54) is 57.8 Å². The number of phosphoric ester groups is 1. The normalized spacial score (nSPS) is 14.3. The number of nitrogens with zero attached hydrogens (tertiary/aromatic N) is 1. The molecule has 1 unspecified atom stereocenters. The molecule has 10 heteroatoms. The first-order valence-electron chi connectivity index (χ1n) is 21.0. The number of ether oxygens (including phenoxy) is 2. The van der Waals surface area contributed by atoms with Gasteiger partial charge in [-0.1, -0.05) is 120 Å². The molecular weight excluding hydrogens is 701 g/mol. The van der Waals surface area contributed by atoms with Crippen LogP contribution in [0.3, 0.4) is 0 Å². The first kappa shape index (κ1) is 51.7. The van der Waals surface area contributed by atoms with E-state index in [0.717, 1.165) is 57.8 Å². The molecule has 0 rings (SSSR count). The van der Waals surface area contributed by atoms with Crippen LogP contribution in [0.25, 0.3) is 0 Å².